The first-order valence-corrected chi connectivity index (χ1v) is 7.39. The van der Waals surface area contributed by atoms with Crippen LogP contribution in [-0.2, 0) is 14.8 Å². The second-order valence-corrected chi connectivity index (χ2v) is 6.32. The van der Waals surface area contributed by atoms with Crippen molar-refractivity contribution >= 4 is 10.0 Å². The number of rotatable bonds is 3. The highest BCUT2D eigenvalue weighted by molar-refractivity contribution is 7.89. The average Bonchev–Trinajstić information content (AvgIpc) is 2.40. The first-order chi connectivity index (χ1) is 8.51. The van der Waals surface area contributed by atoms with Crippen molar-refractivity contribution in [3.05, 3.63) is 29.8 Å². The number of nitrogens with two attached hydrogens (primary N) is 1. The van der Waals surface area contributed by atoms with E-state index in [9.17, 15) is 8.42 Å². The second-order valence-electron chi connectivity index (χ2n) is 4.38. The molecule has 0 aliphatic carbocycles. The molecule has 1 fully saturated rings. The van der Waals surface area contributed by atoms with E-state index < -0.39 is 10.0 Å². The summed E-state index contributed by atoms with van der Waals surface area (Å²) in [4.78, 5) is 0.305. The molecule has 0 bridgehead atoms. The molecule has 0 spiro atoms. The van der Waals surface area contributed by atoms with E-state index in [-0.39, 0.29) is 6.04 Å². The first kappa shape index (κ1) is 13.5. The van der Waals surface area contributed by atoms with Crippen molar-refractivity contribution in [3.63, 3.8) is 0 Å². The predicted octanol–water partition coefficient (Wildman–Crippen LogP) is 0.727. The maximum Gasteiger partial charge on any atom is 0.243 e. The fraction of sp³-hybridized carbons (Fsp3) is 0.500. The molecule has 100 valence electrons. The maximum atomic E-state index is 12.4. The molecular formula is C12H18N2O3S. The lowest BCUT2D eigenvalue weighted by Gasteiger charge is -2.26. The van der Waals surface area contributed by atoms with Crippen molar-refractivity contribution in [2.45, 2.75) is 17.9 Å². The summed E-state index contributed by atoms with van der Waals surface area (Å²) in [5.41, 5.74) is 6.60. The Kier molecular flexibility index (Phi) is 4.01. The highest BCUT2D eigenvalue weighted by atomic mass is 32.2. The van der Waals surface area contributed by atoms with Crippen LogP contribution in [0.15, 0.2) is 29.2 Å². The van der Waals surface area contributed by atoms with Gasteiger partial charge in [-0.05, 0) is 24.6 Å². The molecule has 2 N–H and O–H groups in total. The minimum absolute atomic E-state index is 0.176. The molecule has 1 aliphatic heterocycles. The van der Waals surface area contributed by atoms with Crippen molar-refractivity contribution in [3.8, 4) is 0 Å². The van der Waals surface area contributed by atoms with Crippen LogP contribution >= 0.6 is 0 Å². The minimum atomic E-state index is -3.42. The number of morpholine rings is 1. The third-order valence-electron chi connectivity index (χ3n) is 2.99. The Morgan fingerprint density at radius 1 is 1.33 bits per heavy atom. The predicted molar refractivity (Wildman–Crippen MR) is 68.6 cm³/mol. The molecule has 0 amide bonds. The molecule has 1 saturated heterocycles. The molecule has 1 aliphatic rings. The standard InChI is InChI=1S/C12H18N2O3S/c1-10(13)11-3-2-4-12(9-11)18(15,16)14-5-7-17-8-6-14/h2-4,9-10H,5-8,13H2,1H3. The van der Waals surface area contributed by atoms with E-state index in [0.29, 0.717) is 31.2 Å². The van der Waals surface area contributed by atoms with Crippen LogP contribution in [0.4, 0.5) is 0 Å². The van der Waals surface area contributed by atoms with E-state index in [1.807, 2.05) is 13.0 Å². The van der Waals surface area contributed by atoms with Gasteiger partial charge in [-0.25, -0.2) is 8.42 Å². The van der Waals surface area contributed by atoms with Gasteiger partial charge in [0.15, 0.2) is 0 Å². The Morgan fingerprint density at radius 3 is 2.61 bits per heavy atom. The van der Waals surface area contributed by atoms with E-state index in [1.165, 1.54) is 4.31 Å². The smallest absolute Gasteiger partial charge is 0.243 e. The fourth-order valence-electron chi connectivity index (χ4n) is 1.89. The summed E-state index contributed by atoms with van der Waals surface area (Å²) in [5, 5.41) is 0. The van der Waals surface area contributed by atoms with Crippen molar-refractivity contribution in [2.24, 2.45) is 5.73 Å². The van der Waals surface area contributed by atoms with Crippen LogP contribution < -0.4 is 5.73 Å². The van der Waals surface area contributed by atoms with Gasteiger partial charge in [-0.3, -0.25) is 0 Å². The zero-order valence-corrected chi connectivity index (χ0v) is 11.2. The Bertz CT molecular complexity index is 508. The zero-order valence-electron chi connectivity index (χ0n) is 10.4. The van der Waals surface area contributed by atoms with E-state index in [0.717, 1.165) is 5.56 Å². The van der Waals surface area contributed by atoms with Crippen LogP contribution in [0.25, 0.3) is 0 Å². The number of hydrogen-bond acceptors (Lipinski definition) is 4. The summed E-state index contributed by atoms with van der Waals surface area (Å²) in [7, 11) is -3.42. The van der Waals surface area contributed by atoms with Crippen LogP contribution in [0.1, 0.15) is 18.5 Å². The van der Waals surface area contributed by atoms with Gasteiger partial charge in [0.05, 0.1) is 18.1 Å². The molecule has 1 aromatic rings. The van der Waals surface area contributed by atoms with Gasteiger partial charge in [0.1, 0.15) is 0 Å². The van der Waals surface area contributed by atoms with Gasteiger partial charge in [-0.1, -0.05) is 12.1 Å². The van der Waals surface area contributed by atoms with Gasteiger partial charge in [-0.2, -0.15) is 4.31 Å². The van der Waals surface area contributed by atoms with E-state index in [1.54, 1.807) is 18.2 Å². The molecule has 1 unspecified atom stereocenters. The quantitative estimate of drug-likeness (QED) is 0.878. The Morgan fingerprint density at radius 2 is 2.00 bits per heavy atom. The van der Waals surface area contributed by atoms with Gasteiger partial charge < -0.3 is 10.5 Å². The first-order valence-electron chi connectivity index (χ1n) is 5.95. The lowest BCUT2D eigenvalue weighted by Crippen LogP contribution is -2.40. The van der Waals surface area contributed by atoms with Gasteiger partial charge in [0.25, 0.3) is 0 Å². The molecule has 5 nitrogen and oxygen atoms in total. The molecule has 0 radical (unpaired) electrons. The largest absolute Gasteiger partial charge is 0.379 e. The van der Waals surface area contributed by atoms with Crippen LogP contribution in [0, 0.1) is 0 Å². The molecule has 2 rings (SSSR count). The molecule has 1 atom stereocenters. The minimum Gasteiger partial charge on any atom is -0.379 e. The third-order valence-corrected chi connectivity index (χ3v) is 4.89. The molecule has 1 heterocycles. The summed E-state index contributed by atoms with van der Waals surface area (Å²) < 4.78 is 31.4. The second kappa shape index (κ2) is 5.36. The zero-order chi connectivity index (χ0) is 13.2. The highest BCUT2D eigenvalue weighted by Gasteiger charge is 2.26. The summed E-state index contributed by atoms with van der Waals surface area (Å²) in [6.45, 7) is 3.55. The van der Waals surface area contributed by atoms with Gasteiger partial charge >= 0.3 is 0 Å². The molecule has 18 heavy (non-hydrogen) atoms. The monoisotopic (exact) mass is 270 g/mol. The summed E-state index contributed by atoms with van der Waals surface area (Å²) >= 11 is 0. The Hall–Kier alpha value is -0.950. The number of ether oxygens (including phenoxy) is 1. The molecule has 0 saturated carbocycles. The van der Waals surface area contributed by atoms with Crippen LogP contribution in [-0.4, -0.2) is 39.0 Å². The van der Waals surface area contributed by atoms with Crippen molar-refractivity contribution in [2.75, 3.05) is 26.3 Å². The Labute approximate surface area is 108 Å². The van der Waals surface area contributed by atoms with E-state index >= 15 is 0 Å². The number of benzene rings is 1. The van der Waals surface area contributed by atoms with Crippen LogP contribution in [0.2, 0.25) is 0 Å². The SMILES string of the molecule is CC(N)c1cccc(S(=O)(=O)N2CCOCC2)c1. The molecule has 1 aromatic carbocycles. The van der Waals surface area contributed by atoms with Crippen LogP contribution in [0.3, 0.4) is 0 Å². The van der Waals surface area contributed by atoms with Crippen molar-refractivity contribution < 1.29 is 13.2 Å². The van der Waals surface area contributed by atoms with Crippen molar-refractivity contribution in [1.29, 1.82) is 0 Å². The molecule has 6 heteroatoms. The molecule has 0 aromatic heterocycles. The summed E-state index contributed by atoms with van der Waals surface area (Å²) in [6, 6.07) is 6.64. The number of hydrogen-bond donors (Lipinski definition) is 1. The number of sulfonamides is 1. The van der Waals surface area contributed by atoms with Gasteiger partial charge in [0.2, 0.25) is 10.0 Å². The maximum absolute atomic E-state index is 12.4. The topological polar surface area (TPSA) is 72.6 Å². The molecular weight excluding hydrogens is 252 g/mol. The van der Waals surface area contributed by atoms with Crippen LogP contribution in [0.5, 0.6) is 0 Å². The highest BCUT2D eigenvalue weighted by Crippen LogP contribution is 2.20. The third kappa shape index (κ3) is 2.72. The van der Waals surface area contributed by atoms with Gasteiger partial charge in [0, 0.05) is 19.1 Å². The van der Waals surface area contributed by atoms with E-state index in [2.05, 4.69) is 0 Å². The van der Waals surface area contributed by atoms with Crippen molar-refractivity contribution in [1.82, 2.24) is 4.31 Å². The summed E-state index contributed by atoms with van der Waals surface area (Å²) in [6.07, 6.45) is 0. The van der Waals surface area contributed by atoms with E-state index in [4.69, 9.17) is 10.5 Å². The van der Waals surface area contributed by atoms with Gasteiger partial charge in [-0.15, -0.1) is 0 Å². The number of nitrogens with zero attached hydrogens (tertiary/aromatic N) is 1. The average molecular weight is 270 g/mol. The summed E-state index contributed by atoms with van der Waals surface area (Å²) in [5.74, 6) is 0. The Balaban J connectivity index is 2.31. The lowest BCUT2D eigenvalue weighted by molar-refractivity contribution is 0.0730. The fourth-order valence-corrected chi connectivity index (χ4v) is 3.36. The normalized spacial score (nSPS) is 19.7. The lowest BCUT2D eigenvalue weighted by atomic mass is 10.1.